The number of hydrogen-bond donors (Lipinski definition) is 3. The molecule has 1 fully saturated rings. The summed E-state index contributed by atoms with van der Waals surface area (Å²) in [6, 6.07) is 5.18. The Labute approximate surface area is 102 Å². The van der Waals surface area contributed by atoms with Crippen LogP contribution >= 0.6 is 0 Å². The van der Waals surface area contributed by atoms with Crippen LogP contribution in [0.5, 0.6) is 0 Å². The summed E-state index contributed by atoms with van der Waals surface area (Å²) >= 11 is 0. The fourth-order valence-electron chi connectivity index (χ4n) is 1.87. The van der Waals surface area contributed by atoms with Gasteiger partial charge in [-0.1, -0.05) is 0 Å². The molecule has 0 aliphatic heterocycles. The van der Waals surface area contributed by atoms with Crippen LogP contribution in [0.2, 0.25) is 0 Å². The van der Waals surface area contributed by atoms with E-state index < -0.39 is 0 Å². The van der Waals surface area contributed by atoms with E-state index in [4.69, 9.17) is 5.84 Å². The van der Waals surface area contributed by atoms with Gasteiger partial charge >= 0.3 is 0 Å². The van der Waals surface area contributed by atoms with E-state index in [1.54, 1.807) is 6.20 Å². The summed E-state index contributed by atoms with van der Waals surface area (Å²) < 4.78 is 0. The van der Waals surface area contributed by atoms with Gasteiger partial charge in [-0.25, -0.2) is 10.8 Å². The van der Waals surface area contributed by atoms with Gasteiger partial charge in [-0.05, 0) is 32.9 Å². The summed E-state index contributed by atoms with van der Waals surface area (Å²) in [5, 5.41) is 3.41. The average Bonchev–Trinajstić information content (AvgIpc) is 3.19. The highest BCUT2D eigenvalue weighted by atomic mass is 15.2. The van der Waals surface area contributed by atoms with Gasteiger partial charge in [-0.3, -0.25) is 4.90 Å². The number of nitrogens with zero attached hydrogens (tertiary/aromatic N) is 2. The molecule has 1 saturated carbocycles. The third-order valence-electron chi connectivity index (χ3n) is 3.33. The Morgan fingerprint density at radius 3 is 3.00 bits per heavy atom. The standard InChI is InChI=1S/C12H21N5/c1-9(17(2)11-3-4-11)8-15-10-5-6-14-12(7-10)16-13/h5-7,9,11H,3-4,8,13H2,1-2H3,(H2,14,15,16). The number of pyridine rings is 1. The molecule has 17 heavy (non-hydrogen) atoms. The molecule has 0 spiro atoms. The molecule has 1 aromatic rings. The fraction of sp³-hybridized carbons (Fsp3) is 0.583. The first-order valence-corrected chi connectivity index (χ1v) is 6.09. The zero-order valence-electron chi connectivity index (χ0n) is 10.5. The summed E-state index contributed by atoms with van der Waals surface area (Å²) in [6.45, 7) is 3.18. The highest BCUT2D eigenvalue weighted by Gasteiger charge is 2.28. The van der Waals surface area contributed by atoms with Crippen LogP contribution in [0.25, 0.3) is 0 Å². The molecule has 0 saturated heterocycles. The van der Waals surface area contributed by atoms with Crippen molar-refractivity contribution >= 4 is 11.5 Å². The molecule has 0 amide bonds. The zero-order valence-corrected chi connectivity index (χ0v) is 10.5. The fourth-order valence-corrected chi connectivity index (χ4v) is 1.87. The van der Waals surface area contributed by atoms with Gasteiger partial charge in [0, 0.05) is 36.6 Å². The first-order chi connectivity index (χ1) is 8.20. The lowest BCUT2D eigenvalue weighted by Gasteiger charge is -2.25. The highest BCUT2D eigenvalue weighted by molar-refractivity contribution is 5.51. The van der Waals surface area contributed by atoms with Crippen molar-refractivity contribution in [3.63, 3.8) is 0 Å². The van der Waals surface area contributed by atoms with Gasteiger partial charge in [0.05, 0.1) is 0 Å². The molecular formula is C12H21N5. The lowest BCUT2D eigenvalue weighted by Crippen LogP contribution is -2.36. The number of nitrogens with two attached hydrogens (primary N) is 1. The molecule has 2 rings (SSSR count). The van der Waals surface area contributed by atoms with Crippen LogP contribution < -0.4 is 16.6 Å². The van der Waals surface area contributed by atoms with Crippen molar-refractivity contribution in [1.29, 1.82) is 0 Å². The van der Waals surface area contributed by atoms with E-state index in [2.05, 4.69) is 34.6 Å². The molecule has 94 valence electrons. The minimum atomic E-state index is 0.532. The van der Waals surface area contributed by atoms with Crippen molar-refractivity contribution in [2.75, 3.05) is 24.3 Å². The Kier molecular flexibility index (Phi) is 3.81. The predicted molar refractivity (Wildman–Crippen MR) is 70.8 cm³/mol. The monoisotopic (exact) mass is 235 g/mol. The van der Waals surface area contributed by atoms with Crippen molar-refractivity contribution < 1.29 is 0 Å². The Morgan fingerprint density at radius 1 is 1.59 bits per heavy atom. The van der Waals surface area contributed by atoms with Gasteiger partial charge in [0.1, 0.15) is 5.82 Å². The van der Waals surface area contributed by atoms with E-state index in [0.29, 0.717) is 11.9 Å². The maximum absolute atomic E-state index is 5.32. The van der Waals surface area contributed by atoms with Crippen molar-refractivity contribution in [3.05, 3.63) is 18.3 Å². The van der Waals surface area contributed by atoms with Crippen LogP contribution in [0.1, 0.15) is 19.8 Å². The third kappa shape index (κ3) is 3.31. The lowest BCUT2D eigenvalue weighted by molar-refractivity contribution is 0.257. The maximum Gasteiger partial charge on any atom is 0.141 e. The summed E-state index contributed by atoms with van der Waals surface area (Å²) in [7, 11) is 2.20. The minimum absolute atomic E-state index is 0.532. The van der Waals surface area contributed by atoms with Crippen LogP contribution in [-0.2, 0) is 0 Å². The summed E-state index contributed by atoms with van der Waals surface area (Å²) in [6.07, 6.45) is 4.43. The number of rotatable bonds is 6. The molecular weight excluding hydrogens is 214 g/mol. The Morgan fingerprint density at radius 2 is 2.35 bits per heavy atom. The number of hydrogen-bond acceptors (Lipinski definition) is 5. The van der Waals surface area contributed by atoms with E-state index in [1.807, 2.05) is 12.1 Å². The molecule has 5 nitrogen and oxygen atoms in total. The van der Waals surface area contributed by atoms with Crippen LogP contribution in [0.3, 0.4) is 0 Å². The normalized spacial score (nSPS) is 16.9. The first kappa shape index (κ1) is 12.1. The average molecular weight is 235 g/mol. The van der Waals surface area contributed by atoms with E-state index in [-0.39, 0.29) is 0 Å². The van der Waals surface area contributed by atoms with Crippen LogP contribution in [-0.4, -0.2) is 35.6 Å². The Balaban J connectivity index is 1.83. The van der Waals surface area contributed by atoms with Gasteiger partial charge in [0.15, 0.2) is 0 Å². The van der Waals surface area contributed by atoms with E-state index in [0.717, 1.165) is 18.3 Å². The molecule has 1 unspecified atom stereocenters. The molecule has 0 radical (unpaired) electrons. The molecule has 1 atom stereocenters. The van der Waals surface area contributed by atoms with E-state index >= 15 is 0 Å². The van der Waals surface area contributed by atoms with Crippen LogP contribution in [0.15, 0.2) is 18.3 Å². The molecule has 1 heterocycles. The van der Waals surface area contributed by atoms with Gasteiger partial charge in [0.2, 0.25) is 0 Å². The second-order valence-electron chi connectivity index (χ2n) is 4.70. The number of nitrogen functional groups attached to an aromatic ring is 1. The quantitative estimate of drug-likeness (QED) is 0.512. The molecule has 0 aromatic carbocycles. The van der Waals surface area contributed by atoms with Crippen LogP contribution in [0, 0.1) is 0 Å². The second kappa shape index (κ2) is 5.33. The Bertz CT molecular complexity index is 364. The molecule has 4 N–H and O–H groups in total. The number of nitrogens with one attached hydrogen (secondary N) is 2. The zero-order chi connectivity index (χ0) is 12.3. The summed E-state index contributed by atoms with van der Waals surface area (Å²) in [5.41, 5.74) is 3.59. The van der Waals surface area contributed by atoms with E-state index in [1.165, 1.54) is 12.8 Å². The highest BCUT2D eigenvalue weighted by Crippen LogP contribution is 2.26. The molecule has 5 heteroatoms. The summed E-state index contributed by atoms with van der Waals surface area (Å²) in [5.74, 6) is 6.00. The third-order valence-corrected chi connectivity index (χ3v) is 3.33. The van der Waals surface area contributed by atoms with Crippen molar-refractivity contribution in [1.82, 2.24) is 9.88 Å². The van der Waals surface area contributed by atoms with Crippen molar-refractivity contribution in [3.8, 4) is 0 Å². The predicted octanol–water partition coefficient (Wildman–Crippen LogP) is 1.26. The van der Waals surface area contributed by atoms with Gasteiger partial charge < -0.3 is 10.7 Å². The van der Waals surface area contributed by atoms with Crippen molar-refractivity contribution in [2.24, 2.45) is 5.84 Å². The summed E-state index contributed by atoms with van der Waals surface area (Å²) in [4.78, 5) is 6.51. The lowest BCUT2D eigenvalue weighted by atomic mass is 10.2. The molecule has 1 aliphatic rings. The molecule has 1 aromatic heterocycles. The van der Waals surface area contributed by atoms with Crippen molar-refractivity contribution in [2.45, 2.75) is 31.8 Å². The van der Waals surface area contributed by atoms with Gasteiger partial charge in [-0.15, -0.1) is 0 Å². The van der Waals surface area contributed by atoms with Crippen LogP contribution in [0.4, 0.5) is 11.5 Å². The largest absolute Gasteiger partial charge is 0.383 e. The smallest absolute Gasteiger partial charge is 0.141 e. The number of likely N-dealkylation sites (N-methyl/N-ethyl adjacent to an activating group) is 1. The second-order valence-corrected chi connectivity index (χ2v) is 4.70. The number of hydrazine groups is 1. The maximum atomic E-state index is 5.32. The SMILES string of the molecule is CC(CNc1ccnc(NN)c1)N(C)C1CC1. The minimum Gasteiger partial charge on any atom is -0.383 e. The number of anilines is 2. The van der Waals surface area contributed by atoms with E-state index in [9.17, 15) is 0 Å². The first-order valence-electron chi connectivity index (χ1n) is 6.09. The topological polar surface area (TPSA) is 66.2 Å². The number of aromatic nitrogens is 1. The Hall–Kier alpha value is -1.33. The molecule has 0 bridgehead atoms. The molecule has 1 aliphatic carbocycles. The van der Waals surface area contributed by atoms with Gasteiger partial charge in [0.25, 0.3) is 0 Å². The van der Waals surface area contributed by atoms with Gasteiger partial charge in [-0.2, -0.15) is 0 Å².